The molecule has 0 radical (unpaired) electrons. The third kappa shape index (κ3) is 10.7. The number of halogens is 2. The summed E-state index contributed by atoms with van der Waals surface area (Å²) in [5.74, 6) is 1.68. The molecule has 2 aromatic rings. The fourth-order valence-electron chi connectivity index (χ4n) is 2.41. The number of guanidine groups is 1. The first-order chi connectivity index (χ1) is 14.3. The van der Waals surface area contributed by atoms with Crippen LogP contribution in [0.1, 0.15) is 33.1 Å². The van der Waals surface area contributed by atoms with Crippen molar-refractivity contribution in [1.82, 2.24) is 26.1 Å². The average Bonchev–Trinajstić information content (AvgIpc) is 3.14. The quantitative estimate of drug-likeness (QED) is 0.194. The van der Waals surface area contributed by atoms with Crippen LogP contribution in [0.25, 0.3) is 11.4 Å². The summed E-state index contributed by atoms with van der Waals surface area (Å²) in [4.78, 5) is 20.1. The lowest BCUT2D eigenvalue weighted by Crippen LogP contribution is -2.40. The smallest absolute Gasteiger partial charge is 0.407 e. The van der Waals surface area contributed by atoms with Gasteiger partial charge in [-0.3, -0.25) is 4.99 Å². The fourth-order valence-corrected chi connectivity index (χ4v) is 2.60. The van der Waals surface area contributed by atoms with Crippen molar-refractivity contribution in [1.29, 1.82) is 0 Å². The maximum atomic E-state index is 11.6. The Hall–Kier alpha value is -2.08. The number of nitrogens with one attached hydrogen (secondary N) is 3. The van der Waals surface area contributed by atoms with Crippen LogP contribution in [0.5, 0.6) is 0 Å². The molecule has 0 saturated heterocycles. The Morgan fingerprint density at radius 1 is 1.19 bits per heavy atom. The maximum absolute atomic E-state index is 11.6. The summed E-state index contributed by atoms with van der Waals surface area (Å²) in [7, 11) is 1.69. The molecule has 0 aliphatic heterocycles. The molecule has 1 amide bonds. The molecule has 0 aliphatic rings. The molecule has 11 heteroatoms. The molecule has 9 nitrogen and oxygen atoms in total. The largest absolute Gasteiger partial charge is 0.444 e. The Morgan fingerprint density at radius 2 is 1.90 bits per heavy atom. The minimum Gasteiger partial charge on any atom is -0.444 e. The lowest BCUT2D eigenvalue weighted by molar-refractivity contribution is 0.0527. The Labute approximate surface area is 204 Å². The van der Waals surface area contributed by atoms with Gasteiger partial charge in [-0.05, 0) is 39.3 Å². The summed E-state index contributed by atoms with van der Waals surface area (Å²) in [5.41, 5.74) is 0.310. The molecule has 0 fully saturated rings. The molecule has 0 spiro atoms. The Morgan fingerprint density at radius 3 is 2.58 bits per heavy atom. The normalized spacial score (nSPS) is 11.5. The molecule has 0 unspecified atom stereocenters. The van der Waals surface area contributed by atoms with E-state index in [0.29, 0.717) is 48.8 Å². The number of aromatic nitrogens is 2. The fraction of sp³-hybridized carbons (Fsp3) is 0.500. The second-order valence-corrected chi connectivity index (χ2v) is 7.92. The molecular weight excluding hydrogens is 535 g/mol. The van der Waals surface area contributed by atoms with Gasteiger partial charge in [0.15, 0.2) is 5.96 Å². The lowest BCUT2D eigenvalue weighted by Gasteiger charge is -2.19. The topological polar surface area (TPSA) is 114 Å². The first kappa shape index (κ1) is 27.0. The zero-order chi connectivity index (χ0) is 22.0. The number of hydrogen-bond acceptors (Lipinski definition) is 6. The van der Waals surface area contributed by atoms with Crippen LogP contribution < -0.4 is 16.0 Å². The highest BCUT2D eigenvalue weighted by Crippen LogP contribution is 2.19. The van der Waals surface area contributed by atoms with Crippen molar-refractivity contribution in [3.63, 3.8) is 0 Å². The third-order valence-corrected chi connectivity index (χ3v) is 3.96. The van der Waals surface area contributed by atoms with Gasteiger partial charge in [0.1, 0.15) is 5.60 Å². The first-order valence-electron chi connectivity index (χ1n) is 9.77. The number of carbonyl (C=O) groups excluding carboxylic acids is 1. The number of nitrogens with zero attached hydrogens (tertiary/aromatic N) is 3. The number of benzene rings is 1. The molecule has 1 aromatic heterocycles. The van der Waals surface area contributed by atoms with Crippen LogP contribution in [-0.2, 0) is 11.2 Å². The summed E-state index contributed by atoms with van der Waals surface area (Å²) in [6.07, 6.45) is 0.864. The van der Waals surface area contributed by atoms with Crippen molar-refractivity contribution < 1.29 is 14.1 Å². The van der Waals surface area contributed by atoms with E-state index in [1.807, 2.05) is 32.9 Å². The monoisotopic (exact) mass is 564 g/mol. The molecule has 2 rings (SSSR count). The van der Waals surface area contributed by atoms with Crippen molar-refractivity contribution in [3.8, 4) is 11.4 Å². The van der Waals surface area contributed by atoms with E-state index in [4.69, 9.17) is 20.9 Å². The summed E-state index contributed by atoms with van der Waals surface area (Å²) in [6, 6.07) is 7.30. The van der Waals surface area contributed by atoms with Crippen molar-refractivity contribution >= 4 is 47.6 Å². The predicted molar refractivity (Wildman–Crippen MR) is 132 cm³/mol. The van der Waals surface area contributed by atoms with Gasteiger partial charge in [0.05, 0.1) is 0 Å². The highest BCUT2D eigenvalue weighted by Gasteiger charge is 2.15. The highest BCUT2D eigenvalue weighted by molar-refractivity contribution is 14.0. The second-order valence-electron chi connectivity index (χ2n) is 7.48. The minimum atomic E-state index is -0.498. The van der Waals surface area contributed by atoms with E-state index in [9.17, 15) is 4.79 Å². The standard InChI is InChI=1S/C20H29ClN6O3.HI/c1-20(2,3)29-19(28)25-11-6-10-23-18(22-4)24-12-9-16-26-17(27-30-16)14-7-5-8-15(21)13-14;/h5,7-8,13H,6,9-12H2,1-4H3,(H,25,28)(H2,22,23,24);1H. The number of rotatable bonds is 8. The number of ether oxygens (including phenoxy) is 1. The Kier molecular flexibility index (Phi) is 11.6. The van der Waals surface area contributed by atoms with E-state index in [0.717, 1.165) is 12.0 Å². The lowest BCUT2D eigenvalue weighted by atomic mass is 10.2. The second kappa shape index (κ2) is 13.4. The summed E-state index contributed by atoms with van der Waals surface area (Å²) in [5, 5.41) is 13.7. The van der Waals surface area contributed by atoms with Gasteiger partial charge >= 0.3 is 6.09 Å². The number of alkyl carbamates (subject to hydrolysis) is 1. The number of aliphatic imine (C=N–C) groups is 1. The number of hydrogen-bond donors (Lipinski definition) is 3. The Bertz CT molecular complexity index is 853. The molecule has 1 aromatic carbocycles. The van der Waals surface area contributed by atoms with E-state index in [2.05, 4.69) is 31.1 Å². The molecule has 31 heavy (non-hydrogen) atoms. The number of carbonyl (C=O) groups is 1. The van der Waals surface area contributed by atoms with E-state index < -0.39 is 11.7 Å². The molecule has 0 aliphatic carbocycles. The molecule has 0 bridgehead atoms. The molecule has 3 N–H and O–H groups in total. The number of amides is 1. The third-order valence-electron chi connectivity index (χ3n) is 3.72. The van der Waals surface area contributed by atoms with E-state index in [1.165, 1.54) is 0 Å². The van der Waals surface area contributed by atoms with E-state index in [-0.39, 0.29) is 24.0 Å². The van der Waals surface area contributed by atoms with Gasteiger partial charge in [-0.15, -0.1) is 24.0 Å². The van der Waals surface area contributed by atoms with Gasteiger partial charge in [-0.2, -0.15) is 4.98 Å². The SMILES string of the molecule is CN=C(NCCCNC(=O)OC(C)(C)C)NCCc1nc(-c2cccc(Cl)c2)no1.I. The maximum Gasteiger partial charge on any atom is 0.407 e. The van der Waals surface area contributed by atoms with Crippen LogP contribution in [0.2, 0.25) is 5.02 Å². The Balaban J connectivity index is 0.00000480. The van der Waals surface area contributed by atoms with Crippen LogP contribution in [0.3, 0.4) is 0 Å². The highest BCUT2D eigenvalue weighted by atomic mass is 127. The first-order valence-corrected chi connectivity index (χ1v) is 10.1. The van der Waals surface area contributed by atoms with Crippen LogP contribution in [0, 0.1) is 0 Å². The van der Waals surface area contributed by atoms with Gasteiger partial charge in [0.25, 0.3) is 0 Å². The van der Waals surface area contributed by atoms with Gasteiger partial charge in [0.2, 0.25) is 11.7 Å². The van der Waals surface area contributed by atoms with Crippen molar-refractivity contribution in [2.24, 2.45) is 4.99 Å². The van der Waals surface area contributed by atoms with Crippen molar-refractivity contribution in [3.05, 3.63) is 35.2 Å². The summed E-state index contributed by atoms with van der Waals surface area (Å²) in [6.45, 7) is 7.22. The van der Waals surface area contributed by atoms with Gasteiger partial charge in [0, 0.05) is 43.7 Å². The molecule has 0 saturated carbocycles. The minimum absolute atomic E-state index is 0. The average molecular weight is 565 g/mol. The van der Waals surface area contributed by atoms with Crippen molar-refractivity contribution in [2.75, 3.05) is 26.7 Å². The summed E-state index contributed by atoms with van der Waals surface area (Å²) < 4.78 is 10.5. The van der Waals surface area contributed by atoms with Crippen LogP contribution in [-0.4, -0.2) is 54.5 Å². The molecular formula is C20H30ClIN6O3. The zero-order valence-corrected chi connectivity index (χ0v) is 21.3. The van der Waals surface area contributed by atoms with Crippen LogP contribution in [0.15, 0.2) is 33.8 Å². The van der Waals surface area contributed by atoms with E-state index >= 15 is 0 Å². The zero-order valence-electron chi connectivity index (χ0n) is 18.2. The van der Waals surface area contributed by atoms with Crippen molar-refractivity contribution in [2.45, 2.75) is 39.2 Å². The van der Waals surface area contributed by atoms with Gasteiger partial charge < -0.3 is 25.2 Å². The molecule has 172 valence electrons. The van der Waals surface area contributed by atoms with Crippen LogP contribution in [0.4, 0.5) is 4.79 Å². The van der Waals surface area contributed by atoms with Gasteiger partial charge in [-0.1, -0.05) is 28.9 Å². The molecule has 1 heterocycles. The molecule has 0 atom stereocenters. The van der Waals surface area contributed by atoms with Crippen LogP contribution >= 0.6 is 35.6 Å². The van der Waals surface area contributed by atoms with Gasteiger partial charge in [-0.25, -0.2) is 4.79 Å². The summed E-state index contributed by atoms with van der Waals surface area (Å²) >= 11 is 5.99. The predicted octanol–water partition coefficient (Wildman–Crippen LogP) is 3.63. The van der Waals surface area contributed by atoms with E-state index in [1.54, 1.807) is 19.2 Å².